The molecule has 0 saturated carbocycles. The van der Waals surface area contributed by atoms with E-state index in [1.54, 1.807) is 7.11 Å². The molecule has 0 fully saturated rings. The second-order valence-electron chi connectivity index (χ2n) is 5.65. The Labute approximate surface area is 154 Å². The van der Waals surface area contributed by atoms with Gasteiger partial charge in [-0.2, -0.15) is 4.98 Å². The van der Waals surface area contributed by atoms with Gasteiger partial charge in [0, 0.05) is 17.1 Å². The van der Waals surface area contributed by atoms with E-state index >= 15 is 0 Å². The summed E-state index contributed by atoms with van der Waals surface area (Å²) in [6.07, 6.45) is 1.45. The van der Waals surface area contributed by atoms with E-state index in [1.165, 1.54) is 6.33 Å². The van der Waals surface area contributed by atoms with E-state index in [0.717, 1.165) is 22.3 Å². The Morgan fingerprint density at radius 2 is 1.96 bits per heavy atom. The molecule has 2 aromatic carbocycles. The molecule has 1 N–H and O–H groups in total. The van der Waals surface area contributed by atoms with Crippen molar-refractivity contribution in [3.05, 3.63) is 65.4 Å². The average molecular weight is 367 g/mol. The summed E-state index contributed by atoms with van der Waals surface area (Å²) in [5, 5.41) is 8.83. The summed E-state index contributed by atoms with van der Waals surface area (Å²) >= 11 is 6.10. The van der Waals surface area contributed by atoms with Gasteiger partial charge in [0.15, 0.2) is 0 Å². The standard InChI is InChI=1S/C19H15ClN4O2/c1-25-15-7-5-12(6-8-15)10-21-18-16-17(13-3-2-4-14(20)9-13)24-26-19(16)23-11-22-18/h2-9,11H,10H2,1H3,(H,21,22,23). The number of methoxy groups -OCH3 is 1. The maximum Gasteiger partial charge on any atom is 0.263 e. The highest BCUT2D eigenvalue weighted by atomic mass is 35.5. The van der Waals surface area contributed by atoms with Crippen LogP contribution in [-0.4, -0.2) is 22.2 Å². The molecular formula is C19H15ClN4O2. The highest BCUT2D eigenvalue weighted by molar-refractivity contribution is 6.30. The first-order valence-corrected chi connectivity index (χ1v) is 8.35. The number of fused-ring (bicyclic) bond motifs is 1. The second-order valence-corrected chi connectivity index (χ2v) is 6.08. The number of rotatable bonds is 5. The summed E-state index contributed by atoms with van der Waals surface area (Å²) in [6, 6.07) is 15.3. The third-order valence-electron chi connectivity index (χ3n) is 3.99. The highest BCUT2D eigenvalue weighted by Gasteiger charge is 2.16. The third-order valence-corrected chi connectivity index (χ3v) is 4.22. The molecule has 0 spiro atoms. The first kappa shape index (κ1) is 16.4. The molecule has 4 aromatic rings. The Morgan fingerprint density at radius 1 is 1.12 bits per heavy atom. The van der Waals surface area contributed by atoms with Gasteiger partial charge in [-0.25, -0.2) is 4.98 Å². The fourth-order valence-corrected chi connectivity index (χ4v) is 2.87. The summed E-state index contributed by atoms with van der Waals surface area (Å²) in [7, 11) is 1.65. The molecular weight excluding hydrogens is 352 g/mol. The number of anilines is 1. The van der Waals surface area contributed by atoms with Crippen LogP contribution in [0.15, 0.2) is 59.4 Å². The van der Waals surface area contributed by atoms with Crippen LogP contribution < -0.4 is 10.1 Å². The zero-order chi connectivity index (χ0) is 17.9. The van der Waals surface area contributed by atoms with Crippen LogP contribution in [0.3, 0.4) is 0 Å². The molecule has 0 bridgehead atoms. The molecule has 0 unspecified atom stereocenters. The number of aromatic nitrogens is 3. The molecule has 0 radical (unpaired) electrons. The van der Waals surface area contributed by atoms with E-state index < -0.39 is 0 Å². The quantitative estimate of drug-likeness (QED) is 0.558. The maximum atomic E-state index is 6.10. The van der Waals surface area contributed by atoms with Gasteiger partial charge in [0.2, 0.25) is 0 Å². The maximum absolute atomic E-state index is 6.10. The topological polar surface area (TPSA) is 73.1 Å². The minimum Gasteiger partial charge on any atom is -0.497 e. The van der Waals surface area contributed by atoms with Crippen LogP contribution in [0.5, 0.6) is 5.75 Å². The van der Waals surface area contributed by atoms with E-state index in [0.29, 0.717) is 28.8 Å². The molecule has 7 heteroatoms. The van der Waals surface area contributed by atoms with Crippen molar-refractivity contribution in [2.24, 2.45) is 0 Å². The molecule has 6 nitrogen and oxygen atoms in total. The van der Waals surface area contributed by atoms with Crippen molar-refractivity contribution in [1.82, 2.24) is 15.1 Å². The van der Waals surface area contributed by atoms with Crippen molar-refractivity contribution in [2.45, 2.75) is 6.54 Å². The third kappa shape index (κ3) is 3.19. The van der Waals surface area contributed by atoms with Crippen molar-refractivity contribution >= 4 is 28.5 Å². The predicted molar refractivity (Wildman–Crippen MR) is 100 cm³/mol. The lowest BCUT2D eigenvalue weighted by atomic mass is 10.1. The Hall–Kier alpha value is -3.12. The Balaban J connectivity index is 1.67. The summed E-state index contributed by atoms with van der Waals surface area (Å²) < 4.78 is 10.5. The van der Waals surface area contributed by atoms with Gasteiger partial charge >= 0.3 is 0 Å². The second kappa shape index (κ2) is 7.01. The van der Waals surface area contributed by atoms with Gasteiger partial charge in [0.25, 0.3) is 5.71 Å². The van der Waals surface area contributed by atoms with Crippen molar-refractivity contribution in [3.63, 3.8) is 0 Å². The molecule has 26 heavy (non-hydrogen) atoms. The zero-order valence-corrected chi connectivity index (χ0v) is 14.7. The largest absolute Gasteiger partial charge is 0.497 e. The van der Waals surface area contributed by atoms with Crippen LogP contribution in [0.1, 0.15) is 5.56 Å². The molecule has 0 atom stereocenters. The van der Waals surface area contributed by atoms with Crippen molar-refractivity contribution in [3.8, 4) is 17.0 Å². The van der Waals surface area contributed by atoms with E-state index in [1.807, 2.05) is 48.5 Å². The van der Waals surface area contributed by atoms with Gasteiger partial charge in [-0.05, 0) is 29.8 Å². The van der Waals surface area contributed by atoms with Gasteiger partial charge < -0.3 is 14.6 Å². The normalized spacial score (nSPS) is 10.8. The Morgan fingerprint density at radius 3 is 2.73 bits per heavy atom. The summed E-state index contributed by atoms with van der Waals surface area (Å²) in [5.74, 6) is 1.47. The zero-order valence-electron chi connectivity index (χ0n) is 13.9. The number of hydrogen-bond acceptors (Lipinski definition) is 6. The van der Waals surface area contributed by atoms with Crippen molar-refractivity contribution < 1.29 is 9.26 Å². The SMILES string of the molecule is COc1ccc(CNc2ncnc3onc(-c4cccc(Cl)c4)c23)cc1. The molecule has 2 aromatic heterocycles. The van der Waals surface area contributed by atoms with Gasteiger partial charge in [0.05, 0.1) is 7.11 Å². The van der Waals surface area contributed by atoms with Gasteiger partial charge in [-0.1, -0.05) is 41.0 Å². The van der Waals surface area contributed by atoms with Crippen LogP contribution in [0.4, 0.5) is 5.82 Å². The lowest BCUT2D eigenvalue weighted by Crippen LogP contribution is -2.02. The lowest BCUT2D eigenvalue weighted by Gasteiger charge is -2.08. The smallest absolute Gasteiger partial charge is 0.263 e. The highest BCUT2D eigenvalue weighted by Crippen LogP contribution is 2.32. The number of hydrogen-bond donors (Lipinski definition) is 1. The number of benzene rings is 2. The molecule has 0 aliphatic heterocycles. The minimum absolute atomic E-state index is 0.423. The van der Waals surface area contributed by atoms with Gasteiger partial charge in [-0.15, -0.1) is 0 Å². The molecule has 130 valence electrons. The monoisotopic (exact) mass is 366 g/mol. The molecule has 2 heterocycles. The number of halogens is 1. The Bertz CT molecular complexity index is 1050. The van der Waals surface area contributed by atoms with Crippen LogP contribution >= 0.6 is 11.6 Å². The van der Waals surface area contributed by atoms with Gasteiger partial charge in [0.1, 0.15) is 29.0 Å². The summed E-state index contributed by atoms with van der Waals surface area (Å²) in [5.41, 5.74) is 3.02. The van der Waals surface area contributed by atoms with Crippen LogP contribution in [0, 0.1) is 0 Å². The number of nitrogens with one attached hydrogen (secondary N) is 1. The first-order chi connectivity index (χ1) is 12.7. The lowest BCUT2D eigenvalue weighted by molar-refractivity contribution is 0.414. The number of nitrogens with zero attached hydrogens (tertiary/aromatic N) is 3. The van der Waals surface area contributed by atoms with E-state index in [4.69, 9.17) is 20.9 Å². The fourth-order valence-electron chi connectivity index (χ4n) is 2.68. The molecule has 0 saturated heterocycles. The predicted octanol–water partition coefficient (Wildman–Crippen LogP) is 4.56. The number of ether oxygens (including phenoxy) is 1. The van der Waals surface area contributed by atoms with Crippen LogP contribution in [-0.2, 0) is 6.54 Å². The van der Waals surface area contributed by atoms with Crippen molar-refractivity contribution in [2.75, 3.05) is 12.4 Å². The molecule has 0 amide bonds. The van der Waals surface area contributed by atoms with E-state index in [-0.39, 0.29) is 0 Å². The van der Waals surface area contributed by atoms with Crippen LogP contribution in [0.25, 0.3) is 22.4 Å². The minimum atomic E-state index is 0.423. The van der Waals surface area contributed by atoms with Crippen molar-refractivity contribution in [1.29, 1.82) is 0 Å². The molecule has 0 aliphatic rings. The Kier molecular flexibility index (Phi) is 4.41. The van der Waals surface area contributed by atoms with E-state index in [9.17, 15) is 0 Å². The first-order valence-electron chi connectivity index (χ1n) is 7.98. The summed E-state index contributed by atoms with van der Waals surface area (Å²) in [4.78, 5) is 8.51. The van der Waals surface area contributed by atoms with Crippen LogP contribution in [0.2, 0.25) is 5.02 Å². The molecule has 4 rings (SSSR count). The fraction of sp³-hybridized carbons (Fsp3) is 0.105. The van der Waals surface area contributed by atoms with E-state index in [2.05, 4.69) is 20.4 Å². The summed E-state index contributed by atoms with van der Waals surface area (Å²) in [6.45, 7) is 0.594. The van der Waals surface area contributed by atoms with Gasteiger partial charge in [-0.3, -0.25) is 0 Å². The average Bonchev–Trinajstić information content (AvgIpc) is 3.11. The molecule has 0 aliphatic carbocycles.